The van der Waals surface area contributed by atoms with E-state index in [2.05, 4.69) is 48.5 Å². The summed E-state index contributed by atoms with van der Waals surface area (Å²) in [7, 11) is 2.36. The lowest BCUT2D eigenvalue weighted by molar-refractivity contribution is -0.0824. The van der Waals surface area contributed by atoms with Crippen LogP contribution in [0.2, 0.25) is 0 Å². The van der Waals surface area contributed by atoms with Crippen LogP contribution in [0.1, 0.15) is 49.8 Å². The van der Waals surface area contributed by atoms with Crippen molar-refractivity contribution in [2.24, 2.45) is 17.8 Å². The zero-order valence-electron chi connectivity index (χ0n) is 15.4. The Morgan fingerprint density at radius 2 is 1.80 bits per heavy atom. The third-order valence-corrected chi connectivity index (χ3v) is 7.97. The average molecular weight is 353 g/mol. The van der Waals surface area contributed by atoms with Gasteiger partial charge in [0.05, 0.1) is 5.69 Å². The van der Waals surface area contributed by atoms with Gasteiger partial charge in [-0.25, -0.2) is 4.98 Å². The maximum Gasteiger partial charge on any atom is 0.123 e. The smallest absolute Gasteiger partial charge is 0.123 e. The van der Waals surface area contributed by atoms with Crippen LogP contribution < -0.4 is 0 Å². The highest BCUT2D eigenvalue weighted by molar-refractivity contribution is 7.13. The molecule has 4 saturated carbocycles. The fourth-order valence-corrected chi connectivity index (χ4v) is 7.04. The Morgan fingerprint density at radius 3 is 2.44 bits per heavy atom. The Labute approximate surface area is 155 Å². The molecule has 2 nitrogen and oxygen atoms in total. The Morgan fingerprint density at radius 1 is 1.12 bits per heavy atom. The van der Waals surface area contributed by atoms with Crippen molar-refractivity contribution in [1.29, 1.82) is 0 Å². The molecule has 0 atom stereocenters. The van der Waals surface area contributed by atoms with Gasteiger partial charge in [-0.1, -0.05) is 23.8 Å². The molecule has 0 spiro atoms. The van der Waals surface area contributed by atoms with E-state index in [1.54, 1.807) is 11.3 Å². The summed E-state index contributed by atoms with van der Waals surface area (Å²) in [6, 6.07) is 8.70. The molecule has 2 aromatic rings. The molecule has 4 aliphatic rings. The van der Waals surface area contributed by atoms with Gasteiger partial charge in [0, 0.05) is 23.0 Å². The number of rotatable bonds is 4. The fourth-order valence-electron chi connectivity index (χ4n) is 6.23. The van der Waals surface area contributed by atoms with Crippen LogP contribution in [-0.2, 0) is 6.54 Å². The molecule has 25 heavy (non-hydrogen) atoms. The van der Waals surface area contributed by atoms with E-state index in [0.29, 0.717) is 5.54 Å². The predicted molar refractivity (Wildman–Crippen MR) is 105 cm³/mol. The molecule has 4 aliphatic carbocycles. The summed E-state index contributed by atoms with van der Waals surface area (Å²) in [6.07, 6.45) is 8.85. The standard InChI is InChI=1S/C22H28N2S/c1-15-4-3-5-19(6-15)21-23-20(14-25-21)13-24(2)22-10-16-7-17(11-22)9-18(8-16)12-22/h3-6,14,16-18H,7-13H2,1-2H3. The molecule has 6 rings (SSSR count). The summed E-state index contributed by atoms with van der Waals surface area (Å²) in [4.78, 5) is 7.64. The number of nitrogens with zero attached hydrogens (tertiary/aromatic N) is 2. The normalized spacial score (nSPS) is 33.3. The van der Waals surface area contributed by atoms with Gasteiger partial charge in [0.15, 0.2) is 0 Å². The molecule has 0 radical (unpaired) electrons. The fraction of sp³-hybridized carbons (Fsp3) is 0.591. The molecule has 4 fully saturated rings. The van der Waals surface area contributed by atoms with Crippen LogP contribution in [0.25, 0.3) is 10.6 Å². The molecule has 0 unspecified atom stereocenters. The van der Waals surface area contributed by atoms with E-state index in [1.165, 1.54) is 55.3 Å². The van der Waals surface area contributed by atoms with Crippen molar-refractivity contribution in [3.63, 3.8) is 0 Å². The van der Waals surface area contributed by atoms with E-state index >= 15 is 0 Å². The summed E-state index contributed by atoms with van der Waals surface area (Å²) < 4.78 is 0. The van der Waals surface area contributed by atoms with Crippen LogP contribution >= 0.6 is 11.3 Å². The number of benzene rings is 1. The monoisotopic (exact) mass is 352 g/mol. The van der Waals surface area contributed by atoms with E-state index in [-0.39, 0.29) is 0 Å². The molecule has 4 bridgehead atoms. The molecule has 3 heteroatoms. The molecule has 1 heterocycles. The summed E-state index contributed by atoms with van der Waals surface area (Å²) in [6.45, 7) is 3.16. The lowest BCUT2D eigenvalue weighted by Gasteiger charge is -2.60. The van der Waals surface area contributed by atoms with Crippen LogP contribution in [0.3, 0.4) is 0 Å². The van der Waals surface area contributed by atoms with Crippen LogP contribution in [0, 0.1) is 24.7 Å². The summed E-state index contributed by atoms with van der Waals surface area (Å²) in [5, 5.41) is 3.44. The number of hydrogen-bond acceptors (Lipinski definition) is 3. The minimum atomic E-state index is 0.474. The zero-order chi connectivity index (χ0) is 17.0. The second-order valence-corrected chi connectivity index (χ2v) is 9.87. The van der Waals surface area contributed by atoms with Crippen LogP contribution in [-0.4, -0.2) is 22.5 Å². The molecule has 0 N–H and O–H groups in total. The van der Waals surface area contributed by atoms with E-state index in [9.17, 15) is 0 Å². The van der Waals surface area contributed by atoms with Gasteiger partial charge in [-0.3, -0.25) is 4.90 Å². The van der Waals surface area contributed by atoms with Crippen molar-refractivity contribution < 1.29 is 0 Å². The average Bonchev–Trinajstić information content (AvgIpc) is 3.02. The van der Waals surface area contributed by atoms with Crippen molar-refractivity contribution in [1.82, 2.24) is 9.88 Å². The van der Waals surface area contributed by atoms with Crippen molar-refractivity contribution in [3.05, 3.63) is 40.9 Å². The van der Waals surface area contributed by atoms with Gasteiger partial charge >= 0.3 is 0 Å². The number of aromatic nitrogens is 1. The minimum absolute atomic E-state index is 0.474. The van der Waals surface area contributed by atoms with E-state index < -0.39 is 0 Å². The molecule has 0 amide bonds. The quantitative estimate of drug-likeness (QED) is 0.720. The van der Waals surface area contributed by atoms with Gasteiger partial charge in [0.2, 0.25) is 0 Å². The second-order valence-electron chi connectivity index (χ2n) is 9.01. The van der Waals surface area contributed by atoms with Crippen molar-refractivity contribution in [2.75, 3.05) is 7.05 Å². The Bertz CT molecular complexity index is 743. The van der Waals surface area contributed by atoms with E-state index in [0.717, 1.165) is 29.3 Å². The Balaban J connectivity index is 1.34. The van der Waals surface area contributed by atoms with Gasteiger partial charge in [-0.05, 0) is 76.3 Å². The predicted octanol–water partition coefficient (Wildman–Crippen LogP) is 5.52. The van der Waals surface area contributed by atoms with Gasteiger partial charge in [-0.2, -0.15) is 0 Å². The number of aryl methyl sites for hydroxylation is 1. The largest absolute Gasteiger partial charge is 0.295 e. The first kappa shape index (κ1) is 16.0. The van der Waals surface area contributed by atoms with Gasteiger partial charge in [0.1, 0.15) is 5.01 Å². The molecule has 1 aromatic carbocycles. The highest BCUT2D eigenvalue weighted by Crippen LogP contribution is 2.57. The third kappa shape index (κ3) is 2.86. The number of hydrogen-bond donors (Lipinski definition) is 0. The van der Waals surface area contributed by atoms with Crippen molar-refractivity contribution in [3.8, 4) is 10.6 Å². The molecule has 1 aromatic heterocycles. The Kier molecular flexibility index (Phi) is 3.79. The molecule has 0 aliphatic heterocycles. The van der Waals surface area contributed by atoms with E-state index in [1.807, 2.05) is 0 Å². The minimum Gasteiger partial charge on any atom is -0.295 e. The topological polar surface area (TPSA) is 16.1 Å². The first-order valence-electron chi connectivity index (χ1n) is 9.82. The lowest BCUT2D eigenvalue weighted by Crippen LogP contribution is -2.58. The van der Waals surface area contributed by atoms with Crippen molar-refractivity contribution in [2.45, 2.75) is 57.5 Å². The van der Waals surface area contributed by atoms with Gasteiger partial charge in [-0.15, -0.1) is 11.3 Å². The highest BCUT2D eigenvalue weighted by Gasteiger charge is 2.52. The van der Waals surface area contributed by atoms with Crippen LogP contribution in [0.15, 0.2) is 29.6 Å². The lowest BCUT2D eigenvalue weighted by atomic mass is 9.52. The molecular formula is C22H28N2S. The maximum absolute atomic E-state index is 4.97. The summed E-state index contributed by atoms with van der Waals surface area (Å²) in [5.74, 6) is 3.02. The molecule has 0 saturated heterocycles. The van der Waals surface area contributed by atoms with Crippen molar-refractivity contribution >= 4 is 11.3 Å². The highest BCUT2D eigenvalue weighted by atomic mass is 32.1. The second kappa shape index (κ2) is 5.92. The first-order chi connectivity index (χ1) is 12.1. The summed E-state index contributed by atoms with van der Waals surface area (Å²) in [5.41, 5.74) is 4.29. The zero-order valence-corrected chi connectivity index (χ0v) is 16.2. The SMILES string of the molecule is Cc1cccc(-c2nc(CN(C)C34CC5CC(CC(C5)C3)C4)cs2)c1. The summed E-state index contributed by atoms with van der Waals surface area (Å²) >= 11 is 1.79. The van der Waals surface area contributed by atoms with Gasteiger partial charge in [0.25, 0.3) is 0 Å². The number of thiazole rings is 1. The maximum atomic E-state index is 4.97. The Hall–Kier alpha value is -1.19. The van der Waals surface area contributed by atoms with Crippen LogP contribution in [0.5, 0.6) is 0 Å². The third-order valence-electron chi connectivity index (χ3n) is 7.03. The molecular weight excluding hydrogens is 324 g/mol. The first-order valence-corrected chi connectivity index (χ1v) is 10.7. The molecule has 132 valence electrons. The van der Waals surface area contributed by atoms with E-state index in [4.69, 9.17) is 4.98 Å². The van der Waals surface area contributed by atoms with Gasteiger partial charge < -0.3 is 0 Å². The van der Waals surface area contributed by atoms with Crippen LogP contribution in [0.4, 0.5) is 0 Å².